The van der Waals surface area contributed by atoms with Crippen molar-refractivity contribution in [3.05, 3.63) is 0 Å². The average Bonchev–Trinajstić information content (AvgIpc) is 2.63. The highest BCUT2D eigenvalue weighted by Gasteiger charge is 1.94. The standard InChI is InChI=1S/C18H38O7/c1-3-5-6-20-9-10-22-13-14-24-17-18-25-16-15-23-12-11-21-8-7-19-4-2/h3-18H2,1-2H3. The lowest BCUT2D eigenvalue weighted by Gasteiger charge is -2.08. The number of hydrogen-bond donors (Lipinski definition) is 0. The minimum Gasteiger partial charge on any atom is -0.379 e. The highest BCUT2D eigenvalue weighted by molar-refractivity contribution is 4.37. The van der Waals surface area contributed by atoms with E-state index in [1.807, 2.05) is 6.92 Å². The molecule has 152 valence electrons. The fourth-order valence-electron chi connectivity index (χ4n) is 1.71. The molecule has 0 aromatic rings. The molecule has 0 bridgehead atoms. The Balaban J connectivity index is 2.94. The van der Waals surface area contributed by atoms with E-state index in [0.717, 1.165) is 26.1 Å². The molecule has 0 aliphatic rings. The van der Waals surface area contributed by atoms with Gasteiger partial charge in [0.2, 0.25) is 0 Å². The summed E-state index contributed by atoms with van der Waals surface area (Å²) in [6.45, 7) is 12.8. The number of rotatable bonds is 22. The van der Waals surface area contributed by atoms with E-state index >= 15 is 0 Å². The Bertz CT molecular complexity index is 207. The van der Waals surface area contributed by atoms with Gasteiger partial charge in [0.05, 0.1) is 79.3 Å². The molecule has 7 nitrogen and oxygen atoms in total. The van der Waals surface area contributed by atoms with Crippen LogP contribution < -0.4 is 0 Å². The lowest BCUT2D eigenvalue weighted by atomic mass is 10.4. The third-order valence-electron chi connectivity index (χ3n) is 3.08. The lowest BCUT2D eigenvalue weighted by Crippen LogP contribution is -2.14. The first-order valence-electron chi connectivity index (χ1n) is 9.46. The van der Waals surface area contributed by atoms with E-state index in [1.54, 1.807) is 0 Å². The van der Waals surface area contributed by atoms with E-state index < -0.39 is 0 Å². The number of ether oxygens (including phenoxy) is 7. The van der Waals surface area contributed by atoms with Gasteiger partial charge in [-0.05, 0) is 13.3 Å². The smallest absolute Gasteiger partial charge is 0.0701 e. The molecular formula is C18H38O7. The monoisotopic (exact) mass is 366 g/mol. The van der Waals surface area contributed by atoms with Crippen LogP contribution in [0.15, 0.2) is 0 Å². The number of hydrogen-bond acceptors (Lipinski definition) is 7. The summed E-state index contributed by atoms with van der Waals surface area (Å²) in [6.07, 6.45) is 2.27. The van der Waals surface area contributed by atoms with Crippen LogP contribution in [0.4, 0.5) is 0 Å². The van der Waals surface area contributed by atoms with Gasteiger partial charge in [-0.25, -0.2) is 0 Å². The van der Waals surface area contributed by atoms with Crippen LogP contribution in [0.5, 0.6) is 0 Å². The summed E-state index contributed by atoms with van der Waals surface area (Å²) in [5.41, 5.74) is 0. The zero-order valence-electron chi connectivity index (χ0n) is 16.2. The zero-order chi connectivity index (χ0) is 18.3. The van der Waals surface area contributed by atoms with E-state index in [2.05, 4.69) is 6.92 Å². The molecule has 0 aliphatic carbocycles. The van der Waals surface area contributed by atoms with Crippen LogP contribution in [-0.2, 0) is 33.2 Å². The number of unbranched alkanes of at least 4 members (excludes halogenated alkanes) is 1. The van der Waals surface area contributed by atoms with E-state index in [-0.39, 0.29) is 0 Å². The molecule has 0 aromatic carbocycles. The summed E-state index contributed by atoms with van der Waals surface area (Å²) < 4.78 is 37.5. The normalized spacial score (nSPS) is 11.3. The molecule has 0 atom stereocenters. The first kappa shape index (κ1) is 24.7. The summed E-state index contributed by atoms with van der Waals surface area (Å²) in [7, 11) is 0. The second kappa shape index (κ2) is 23.7. The van der Waals surface area contributed by atoms with Crippen molar-refractivity contribution in [2.75, 3.05) is 92.5 Å². The third-order valence-corrected chi connectivity index (χ3v) is 3.08. The summed E-state index contributed by atoms with van der Waals surface area (Å²) in [5, 5.41) is 0. The van der Waals surface area contributed by atoms with Gasteiger partial charge in [0.1, 0.15) is 0 Å². The topological polar surface area (TPSA) is 64.6 Å². The van der Waals surface area contributed by atoms with E-state index in [9.17, 15) is 0 Å². The van der Waals surface area contributed by atoms with Crippen molar-refractivity contribution < 1.29 is 33.2 Å². The van der Waals surface area contributed by atoms with Crippen molar-refractivity contribution in [2.24, 2.45) is 0 Å². The second-order valence-corrected chi connectivity index (χ2v) is 5.22. The average molecular weight is 366 g/mol. The second-order valence-electron chi connectivity index (χ2n) is 5.22. The van der Waals surface area contributed by atoms with E-state index in [0.29, 0.717) is 79.3 Å². The molecule has 0 radical (unpaired) electrons. The first-order chi connectivity index (χ1) is 12.4. The van der Waals surface area contributed by atoms with Gasteiger partial charge in [0.25, 0.3) is 0 Å². The van der Waals surface area contributed by atoms with Gasteiger partial charge in [0, 0.05) is 13.2 Å². The van der Waals surface area contributed by atoms with Crippen molar-refractivity contribution in [3.63, 3.8) is 0 Å². The van der Waals surface area contributed by atoms with Crippen molar-refractivity contribution in [3.8, 4) is 0 Å². The maximum atomic E-state index is 5.41. The van der Waals surface area contributed by atoms with Crippen LogP contribution in [0, 0.1) is 0 Å². The van der Waals surface area contributed by atoms with Crippen LogP contribution in [0.3, 0.4) is 0 Å². The highest BCUT2D eigenvalue weighted by atomic mass is 16.6. The van der Waals surface area contributed by atoms with Gasteiger partial charge in [-0.3, -0.25) is 0 Å². The first-order valence-corrected chi connectivity index (χ1v) is 9.46. The van der Waals surface area contributed by atoms with E-state index in [4.69, 9.17) is 33.2 Å². The minimum atomic E-state index is 0.563. The van der Waals surface area contributed by atoms with Gasteiger partial charge in [0.15, 0.2) is 0 Å². The fourth-order valence-corrected chi connectivity index (χ4v) is 1.71. The lowest BCUT2D eigenvalue weighted by molar-refractivity contribution is -0.0201. The molecule has 25 heavy (non-hydrogen) atoms. The highest BCUT2D eigenvalue weighted by Crippen LogP contribution is 1.88. The Morgan fingerprint density at radius 3 is 0.920 bits per heavy atom. The molecule has 0 N–H and O–H groups in total. The maximum absolute atomic E-state index is 5.41. The van der Waals surface area contributed by atoms with Crippen molar-refractivity contribution in [2.45, 2.75) is 26.7 Å². The van der Waals surface area contributed by atoms with Crippen molar-refractivity contribution in [1.82, 2.24) is 0 Å². The molecule has 0 amide bonds. The van der Waals surface area contributed by atoms with Crippen LogP contribution in [0.2, 0.25) is 0 Å². The Hall–Kier alpha value is -0.280. The Morgan fingerprint density at radius 1 is 0.360 bits per heavy atom. The quantitative estimate of drug-likeness (QED) is 0.271. The van der Waals surface area contributed by atoms with Gasteiger partial charge < -0.3 is 33.2 Å². The van der Waals surface area contributed by atoms with Gasteiger partial charge >= 0.3 is 0 Å². The van der Waals surface area contributed by atoms with Crippen molar-refractivity contribution in [1.29, 1.82) is 0 Å². The molecule has 7 heteroatoms. The molecule has 0 aromatic heterocycles. The van der Waals surface area contributed by atoms with Gasteiger partial charge in [-0.1, -0.05) is 13.3 Å². The summed E-state index contributed by atoms with van der Waals surface area (Å²) >= 11 is 0. The van der Waals surface area contributed by atoms with Crippen molar-refractivity contribution >= 4 is 0 Å². The van der Waals surface area contributed by atoms with Gasteiger partial charge in [-0.2, -0.15) is 0 Å². The molecule has 0 heterocycles. The summed E-state index contributed by atoms with van der Waals surface area (Å²) in [6, 6.07) is 0. The molecule has 0 spiro atoms. The Kier molecular flexibility index (Phi) is 23.5. The summed E-state index contributed by atoms with van der Waals surface area (Å²) in [5.74, 6) is 0. The van der Waals surface area contributed by atoms with E-state index in [1.165, 1.54) is 0 Å². The molecular weight excluding hydrogens is 328 g/mol. The molecule has 0 saturated heterocycles. The third kappa shape index (κ3) is 23.7. The molecule has 0 rings (SSSR count). The Labute approximate surface area is 153 Å². The van der Waals surface area contributed by atoms with Gasteiger partial charge in [-0.15, -0.1) is 0 Å². The zero-order valence-corrected chi connectivity index (χ0v) is 16.2. The maximum Gasteiger partial charge on any atom is 0.0701 e. The molecule has 0 saturated carbocycles. The van der Waals surface area contributed by atoms with Crippen LogP contribution in [0.25, 0.3) is 0 Å². The molecule has 0 unspecified atom stereocenters. The van der Waals surface area contributed by atoms with Crippen LogP contribution in [0.1, 0.15) is 26.7 Å². The fraction of sp³-hybridized carbons (Fsp3) is 1.00. The molecule has 0 fully saturated rings. The predicted molar refractivity (Wildman–Crippen MR) is 96.3 cm³/mol. The van der Waals surface area contributed by atoms with Crippen LogP contribution in [-0.4, -0.2) is 92.5 Å². The minimum absolute atomic E-state index is 0.563. The SMILES string of the molecule is CCCCOCCOCCOCCOCCOCCOCCOCC. The van der Waals surface area contributed by atoms with Crippen LogP contribution >= 0.6 is 0 Å². The summed E-state index contributed by atoms with van der Waals surface area (Å²) in [4.78, 5) is 0. The molecule has 0 aliphatic heterocycles. The largest absolute Gasteiger partial charge is 0.379 e. The Morgan fingerprint density at radius 2 is 0.640 bits per heavy atom. The predicted octanol–water partition coefficient (Wildman–Crippen LogP) is 1.92.